The molecule has 0 amide bonds. The van der Waals surface area contributed by atoms with Gasteiger partial charge in [-0.2, -0.15) is 0 Å². The van der Waals surface area contributed by atoms with Crippen LogP contribution in [0.1, 0.15) is 60.3 Å². The van der Waals surface area contributed by atoms with Gasteiger partial charge in [-0.15, -0.1) is 0 Å². The monoisotopic (exact) mass is 296 g/mol. The van der Waals surface area contributed by atoms with Crippen LogP contribution in [0.5, 0.6) is 11.5 Å². The number of rotatable bonds is 3. The van der Waals surface area contributed by atoms with Crippen LogP contribution in [0.25, 0.3) is 0 Å². The van der Waals surface area contributed by atoms with Gasteiger partial charge in [-0.1, -0.05) is 43.5 Å². The first-order chi connectivity index (χ1) is 10.6. The molecule has 2 N–H and O–H groups in total. The van der Waals surface area contributed by atoms with Gasteiger partial charge in [-0.3, -0.25) is 0 Å². The van der Waals surface area contributed by atoms with Crippen LogP contribution in [0.15, 0.2) is 36.4 Å². The molecule has 0 unspecified atom stereocenters. The number of hydrogen-bond donors (Lipinski definition) is 2. The summed E-state index contributed by atoms with van der Waals surface area (Å²) in [5.41, 5.74) is 4.38. The van der Waals surface area contributed by atoms with Gasteiger partial charge in [0.1, 0.15) is 11.5 Å². The van der Waals surface area contributed by atoms with E-state index in [2.05, 4.69) is 12.1 Å². The van der Waals surface area contributed by atoms with Gasteiger partial charge in [-0.05, 0) is 66.5 Å². The van der Waals surface area contributed by atoms with Gasteiger partial charge in [-0.25, -0.2) is 0 Å². The van der Waals surface area contributed by atoms with E-state index in [1.807, 2.05) is 25.1 Å². The lowest BCUT2D eigenvalue weighted by molar-refractivity contribution is 0.412. The zero-order valence-corrected chi connectivity index (χ0v) is 13.2. The SMILES string of the molecule is Cc1cc(Cc2cccc(O)c2)cc(C2CCCCC2)c1O. The van der Waals surface area contributed by atoms with Crippen LogP contribution < -0.4 is 0 Å². The standard InChI is InChI=1S/C20H24O2/c1-14-10-16(11-15-6-5-9-18(21)12-15)13-19(20(14)22)17-7-3-2-4-8-17/h5-6,9-10,12-13,17,21-22H,2-4,7-8,11H2,1H3. The highest BCUT2D eigenvalue weighted by Crippen LogP contribution is 2.39. The molecule has 3 rings (SSSR count). The normalized spacial score (nSPS) is 15.9. The van der Waals surface area contributed by atoms with Crippen molar-refractivity contribution >= 4 is 0 Å². The van der Waals surface area contributed by atoms with E-state index in [-0.39, 0.29) is 0 Å². The molecule has 116 valence electrons. The number of phenols is 2. The third-order valence-electron chi connectivity index (χ3n) is 4.75. The van der Waals surface area contributed by atoms with E-state index in [1.165, 1.54) is 37.7 Å². The minimum absolute atomic E-state index is 0.306. The Morgan fingerprint density at radius 1 is 0.955 bits per heavy atom. The van der Waals surface area contributed by atoms with Gasteiger partial charge in [0.25, 0.3) is 0 Å². The van der Waals surface area contributed by atoms with Crippen LogP contribution in [0.4, 0.5) is 0 Å². The smallest absolute Gasteiger partial charge is 0.121 e. The highest BCUT2D eigenvalue weighted by molar-refractivity contribution is 5.46. The molecule has 0 aliphatic heterocycles. The molecule has 0 bridgehead atoms. The van der Waals surface area contributed by atoms with Crippen molar-refractivity contribution in [3.05, 3.63) is 58.7 Å². The first-order valence-electron chi connectivity index (χ1n) is 8.24. The Labute approximate surface area is 132 Å². The second kappa shape index (κ2) is 6.43. The lowest BCUT2D eigenvalue weighted by atomic mass is 9.82. The molecule has 0 radical (unpaired) electrons. The zero-order valence-electron chi connectivity index (χ0n) is 13.2. The predicted octanol–water partition coefficient (Wildman–Crippen LogP) is 5.04. The Kier molecular flexibility index (Phi) is 4.37. The molecule has 0 atom stereocenters. The molecule has 0 spiro atoms. The van der Waals surface area contributed by atoms with E-state index in [4.69, 9.17) is 0 Å². The van der Waals surface area contributed by atoms with E-state index in [1.54, 1.807) is 6.07 Å². The van der Waals surface area contributed by atoms with Crippen LogP contribution in [0, 0.1) is 6.92 Å². The number of benzene rings is 2. The number of aryl methyl sites for hydroxylation is 1. The van der Waals surface area contributed by atoms with Crippen molar-refractivity contribution < 1.29 is 10.2 Å². The van der Waals surface area contributed by atoms with Crippen molar-refractivity contribution in [1.29, 1.82) is 0 Å². The summed E-state index contributed by atoms with van der Waals surface area (Å²) in [6.45, 7) is 1.98. The van der Waals surface area contributed by atoms with Gasteiger partial charge in [0.15, 0.2) is 0 Å². The van der Waals surface area contributed by atoms with E-state index in [0.29, 0.717) is 17.4 Å². The molecular weight excluding hydrogens is 272 g/mol. The fourth-order valence-corrected chi connectivity index (χ4v) is 3.61. The van der Waals surface area contributed by atoms with E-state index >= 15 is 0 Å². The molecule has 1 aliphatic rings. The number of phenolic OH excluding ortho intramolecular Hbond substituents is 2. The Morgan fingerprint density at radius 2 is 1.73 bits per heavy atom. The molecule has 0 aromatic heterocycles. The molecule has 2 heteroatoms. The zero-order chi connectivity index (χ0) is 15.5. The van der Waals surface area contributed by atoms with E-state index in [9.17, 15) is 10.2 Å². The summed E-state index contributed by atoms with van der Waals surface area (Å²) in [5.74, 6) is 1.28. The molecule has 2 aromatic rings. The average molecular weight is 296 g/mol. The first kappa shape index (κ1) is 15.0. The minimum Gasteiger partial charge on any atom is -0.508 e. The van der Waals surface area contributed by atoms with Gasteiger partial charge in [0, 0.05) is 0 Å². The van der Waals surface area contributed by atoms with Gasteiger partial charge < -0.3 is 10.2 Å². The number of aromatic hydroxyl groups is 2. The Morgan fingerprint density at radius 3 is 2.45 bits per heavy atom. The largest absolute Gasteiger partial charge is 0.508 e. The predicted molar refractivity (Wildman–Crippen MR) is 89.6 cm³/mol. The summed E-state index contributed by atoms with van der Waals surface area (Å²) in [6.07, 6.45) is 7.00. The van der Waals surface area contributed by atoms with Gasteiger partial charge in [0.05, 0.1) is 0 Å². The first-order valence-corrected chi connectivity index (χ1v) is 8.24. The summed E-state index contributed by atoms with van der Waals surface area (Å²) in [4.78, 5) is 0. The van der Waals surface area contributed by atoms with Crippen LogP contribution >= 0.6 is 0 Å². The van der Waals surface area contributed by atoms with Crippen LogP contribution in [0.3, 0.4) is 0 Å². The van der Waals surface area contributed by atoms with Crippen molar-refractivity contribution in [3.8, 4) is 11.5 Å². The molecule has 1 saturated carbocycles. The Balaban J connectivity index is 1.90. The molecule has 22 heavy (non-hydrogen) atoms. The van der Waals surface area contributed by atoms with Crippen molar-refractivity contribution in [2.75, 3.05) is 0 Å². The maximum absolute atomic E-state index is 10.4. The van der Waals surface area contributed by atoms with Crippen LogP contribution in [0.2, 0.25) is 0 Å². The Bertz CT molecular complexity index is 655. The molecule has 0 heterocycles. The van der Waals surface area contributed by atoms with Crippen molar-refractivity contribution in [2.45, 2.75) is 51.4 Å². The summed E-state index contributed by atoms with van der Waals surface area (Å²) < 4.78 is 0. The lowest BCUT2D eigenvalue weighted by Gasteiger charge is -2.24. The van der Waals surface area contributed by atoms with Crippen molar-refractivity contribution in [1.82, 2.24) is 0 Å². The molecular formula is C20H24O2. The van der Waals surface area contributed by atoms with E-state index in [0.717, 1.165) is 23.1 Å². The highest BCUT2D eigenvalue weighted by atomic mass is 16.3. The summed E-state index contributed by atoms with van der Waals surface area (Å²) >= 11 is 0. The minimum atomic E-state index is 0.306. The quantitative estimate of drug-likeness (QED) is 0.832. The van der Waals surface area contributed by atoms with Gasteiger partial charge >= 0.3 is 0 Å². The average Bonchev–Trinajstić information content (AvgIpc) is 2.51. The van der Waals surface area contributed by atoms with Crippen LogP contribution in [-0.2, 0) is 6.42 Å². The molecule has 2 aromatic carbocycles. The Hall–Kier alpha value is -1.96. The topological polar surface area (TPSA) is 40.5 Å². The fourth-order valence-electron chi connectivity index (χ4n) is 3.61. The van der Waals surface area contributed by atoms with Crippen LogP contribution in [-0.4, -0.2) is 10.2 Å². The van der Waals surface area contributed by atoms with E-state index < -0.39 is 0 Å². The molecule has 1 fully saturated rings. The molecule has 1 aliphatic carbocycles. The maximum Gasteiger partial charge on any atom is 0.121 e. The maximum atomic E-state index is 10.4. The number of hydrogen-bond acceptors (Lipinski definition) is 2. The summed E-state index contributed by atoms with van der Waals surface area (Å²) in [7, 11) is 0. The fraction of sp³-hybridized carbons (Fsp3) is 0.400. The van der Waals surface area contributed by atoms with Crippen molar-refractivity contribution in [2.24, 2.45) is 0 Å². The molecule has 0 saturated heterocycles. The molecule has 2 nitrogen and oxygen atoms in total. The summed E-state index contributed by atoms with van der Waals surface area (Å²) in [5, 5.41) is 20.1. The second-order valence-corrected chi connectivity index (χ2v) is 6.53. The highest BCUT2D eigenvalue weighted by Gasteiger charge is 2.20. The van der Waals surface area contributed by atoms with Crippen molar-refractivity contribution in [3.63, 3.8) is 0 Å². The second-order valence-electron chi connectivity index (χ2n) is 6.53. The lowest BCUT2D eigenvalue weighted by Crippen LogP contribution is -2.06. The van der Waals surface area contributed by atoms with Gasteiger partial charge in [0.2, 0.25) is 0 Å². The third kappa shape index (κ3) is 3.27. The summed E-state index contributed by atoms with van der Waals surface area (Å²) in [6, 6.07) is 11.6. The third-order valence-corrected chi connectivity index (χ3v) is 4.75.